The molecule has 0 atom stereocenters. The van der Waals surface area contributed by atoms with Crippen molar-refractivity contribution in [1.29, 1.82) is 0 Å². The number of nitrogens with one attached hydrogen (secondary N) is 1. The van der Waals surface area contributed by atoms with Gasteiger partial charge in [-0.3, -0.25) is 0 Å². The summed E-state index contributed by atoms with van der Waals surface area (Å²) in [5, 5.41) is 3.06. The highest BCUT2D eigenvalue weighted by molar-refractivity contribution is 5.48. The molecule has 0 fully saturated rings. The van der Waals surface area contributed by atoms with Crippen molar-refractivity contribution in [2.75, 3.05) is 24.3 Å². The van der Waals surface area contributed by atoms with E-state index in [1.165, 1.54) is 16.8 Å². The first-order valence-corrected chi connectivity index (χ1v) is 6.09. The molecule has 1 aromatic heterocycles. The van der Waals surface area contributed by atoms with Gasteiger partial charge in [0.25, 0.3) is 0 Å². The van der Waals surface area contributed by atoms with Gasteiger partial charge in [-0.25, -0.2) is 4.98 Å². The molecule has 1 aromatic carbocycles. The van der Waals surface area contributed by atoms with Gasteiger partial charge in [0, 0.05) is 32.5 Å². The van der Waals surface area contributed by atoms with E-state index in [0.29, 0.717) is 0 Å². The Morgan fingerprint density at radius 3 is 2.78 bits per heavy atom. The van der Waals surface area contributed by atoms with Crippen LogP contribution in [0.1, 0.15) is 11.1 Å². The number of aryl methyl sites for hydroxylation is 1. The maximum atomic E-state index is 4.22. The molecule has 94 valence electrons. The summed E-state index contributed by atoms with van der Waals surface area (Å²) in [6, 6.07) is 12.7. The summed E-state index contributed by atoms with van der Waals surface area (Å²) in [4.78, 5) is 6.46. The second kappa shape index (κ2) is 5.54. The zero-order valence-corrected chi connectivity index (χ0v) is 11.1. The van der Waals surface area contributed by atoms with Crippen molar-refractivity contribution >= 4 is 11.5 Å². The highest BCUT2D eigenvalue weighted by atomic mass is 15.1. The van der Waals surface area contributed by atoms with Gasteiger partial charge in [-0.1, -0.05) is 12.1 Å². The van der Waals surface area contributed by atoms with Crippen molar-refractivity contribution in [2.24, 2.45) is 0 Å². The second-order valence-electron chi connectivity index (χ2n) is 4.49. The lowest BCUT2D eigenvalue weighted by Crippen LogP contribution is -2.16. The first kappa shape index (κ1) is 12.4. The summed E-state index contributed by atoms with van der Waals surface area (Å²) >= 11 is 0. The van der Waals surface area contributed by atoms with E-state index in [9.17, 15) is 0 Å². The molecule has 0 radical (unpaired) electrons. The fraction of sp³-hybridized carbons (Fsp3) is 0.267. The predicted octanol–water partition coefficient (Wildman–Crippen LogP) is 3.07. The molecule has 2 aromatic rings. The van der Waals surface area contributed by atoms with Gasteiger partial charge >= 0.3 is 0 Å². The molecule has 1 N–H and O–H groups in total. The van der Waals surface area contributed by atoms with E-state index < -0.39 is 0 Å². The number of rotatable bonds is 4. The molecule has 0 amide bonds. The molecule has 0 saturated carbocycles. The van der Waals surface area contributed by atoms with E-state index in [0.717, 1.165) is 12.4 Å². The van der Waals surface area contributed by atoms with Gasteiger partial charge < -0.3 is 10.2 Å². The van der Waals surface area contributed by atoms with Crippen LogP contribution in [-0.4, -0.2) is 19.1 Å². The lowest BCUT2D eigenvalue weighted by atomic mass is 10.2. The van der Waals surface area contributed by atoms with Crippen LogP contribution in [0.5, 0.6) is 0 Å². The Morgan fingerprint density at radius 1 is 1.22 bits per heavy atom. The molecule has 0 unspecified atom stereocenters. The molecule has 0 spiro atoms. The number of hydrogen-bond donors (Lipinski definition) is 1. The van der Waals surface area contributed by atoms with Crippen LogP contribution in [0.2, 0.25) is 0 Å². The quantitative estimate of drug-likeness (QED) is 0.891. The zero-order chi connectivity index (χ0) is 13.0. The highest BCUT2D eigenvalue weighted by Crippen LogP contribution is 2.17. The predicted molar refractivity (Wildman–Crippen MR) is 77.1 cm³/mol. The molecule has 0 aliphatic rings. The lowest BCUT2D eigenvalue weighted by Gasteiger charge is -2.20. The van der Waals surface area contributed by atoms with Crippen molar-refractivity contribution < 1.29 is 0 Å². The van der Waals surface area contributed by atoms with Gasteiger partial charge in [-0.15, -0.1) is 0 Å². The Labute approximate surface area is 108 Å². The number of anilines is 2. The summed E-state index contributed by atoms with van der Waals surface area (Å²) in [7, 11) is 3.99. The maximum Gasteiger partial charge on any atom is 0.125 e. The molecule has 1 heterocycles. The fourth-order valence-corrected chi connectivity index (χ4v) is 1.94. The first-order chi connectivity index (χ1) is 8.69. The van der Waals surface area contributed by atoms with E-state index in [1.807, 2.05) is 19.3 Å². The molecule has 3 heteroatoms. The van der Waals surface area contributed by atoms with Gasteiger partial charge in [0.1, 0.15) is 5.82 Å². The van der Waals surface area contributed by atoms with E-state index in [4.69, 9.17) is 0 Å². The molecule has 18 heavy (non-hydrogen) atoms. The van der Waals surface area contributed by atoms with Crippen LogP contribution in [-0.2, 0) is 6.54 Å². The van der Waals surface area contributed by atoms with Crippen LogP contribution >= 0.6 is 0 Å². The molecular weight excluding hydrogens is 222 g/mol. The van der Waals surface area contributed by atoms with Crippen molar-refractivity contribution in [2.45, 2.75) is 13.5 Å². The standard InChI is InChI=1S/C15H19N3/c1-12-5-4-6-14(9-12)18(3)11-13-7-8-17-15(10-13)16-2/h4-10H,11H2,1-3H3,(H,16,17). The van der Waals surface area contributed by atoms with Gasteiger partial charge in [-0.05, 0) is 42.3 Å². The minimum atomic E-state index is 0.876. The van der Waals surface area contributed by atoms with Crippen LogP contribution in [0, 0.1) is 6.92 Å². The molecule has 3 nitrogen and oxygen atoms in total. The monoisotopic (exact) mass is 241 g/mol. The molecule has 2 rings (SSSR count). The van der Waals surface area contributed by atoms with E-state index in [1.54, 1.807) is 0 Å². The third-order valence-electron chi connectivity index (χ3n) is 2.94. The Balaban J connectivity index is 2.13. The Morgan fingerprint density at radius 2 is 2.06 bits per heavy atom. The summed E-state index contributed by atoms with van der Waals surface area (Å²) in [5.41, 5.74) is 3.76. The number of nitrogens with zero attached hydrogens (tertiary/aromatic N) is 2. The Bertz CT molecular complexity index is 523. The summed E-state index contributed by atoms with van der Waals surface area (Å²) in [6.45, 7) is 2.99. The molecule has 0 aliphatic carbocycles. The average Bonchev–Trinajstić information content (AvgIpc) is 2.39. The van der Waals surface area contributed by atoms with Gasteiger partial charge in [0.05, 0.1) is 0 Å². The first-order valence-electron chi connectivity index (χ1n) is 6.09. The van der Waals surface area contributed by atoms with Crippen LogP contribution in [0.25, 0.3) is 0 Å². The van der Waals surface area contributed by atoms with Crippen molar-refractivity contribution in [3.8, 4) is 0 Å². The fourth-order valence-electron chi connectivity index (χ4n) is 1.94. The third-order valence-corrected chi connectivity index (χ3v) is 2.94. The Hall–Kier alpha value is -2.03. The van der Waals surface area contributed by atoms with E-state index >= 15 is 0 Å². The lowest BCUT2D eigenvalue weighted by molar-refractivity contribution is 0.919. The van der Waals surface area contributed by atoms with Crippen molar-refractivity contribution in [3.05, 3.63) is 53.7 Å². The minimum Gasteiger partial charge on any atom is -0.373 e. The molecule has 0 saturated heterocycles. The number of aromatic nitrogens is 1. The largest absolute Gasteiger partial charge is 0.373 e. The van der Waals surface area contributed by atoms with Crippen molar-refractivity contribution in [1.82, 2.24) is 4.98 Å². The normalized spacial score (nSPS) is 10.2. The maximum absolute atomic E-state index is 4.22. The van der Waals surface area contributed by atoms with E-state index in [-0.39, 0.29) is 0 Å². The summed E-state index contributed by atoms with van der Waals surface area (Å²) < 4.78 is 0. The summed E-state index contributed by atoms with van der Waals surface area (Å²) in [6.07, 6.45) is 1.84. The Kier molecular flexibility index (Phi) is 3.82. The molecule has 0 bridgehead atoms. The van der Waals surface area contributed by atoms with Crippen LogP contribution in [0.15, 0.2) is 42.6 Å². The summed E-state index contributed by atoms with van der Waals surface area (Å²) in [5.74, 6) is 0.908. The average molecular weight is 241 g/mol. The second-order valence-corrected chi connectivity index (χ2v) is 4.49. The van der Waals surface area contributed by atoms with Crippen molar-refractivity contribution in [3.63, 3.8) is 0 Å². The zero-order valence-electron chi connectivity index (χ0n) is 11.1. The third kappa shape index (κ3) is 3.00. The van der Waals surface area contributed by atoms with Crippen LogP contribution in [0.4, 0.5) is 11.5 Å². The number of hydrogen-bond acceptors (Lipinski definition) is 3. The van der Waals surface area contributed by atoms with Gasteiger partial charge in [0.15, 0.2) is 0 Å². The smallest absolute Gasteiger partial charge is 0.125 e. The SMILES string of the molecule is CNc1cc(CN(C)c2cccc(C)c2)ccn1. The van der Waals surface area contributed by atoms with E-state index in [2.05, 4.69) is 59.5 Å². The molecule has 0 aliphatic heterocycles. The van der Waals surface area contributed by atoms with Crippen LogP contribution in [0.3, 0.4) is 0 Å². The van der Waals surface area contributed by atoms with Gasteiger partial charge in [-0.2, -0.15) is 0 Å². The minimum absolute atomic E-state index is 0.876. The number of benzene rings is 1. The topological polar surface area (TPSA) is 28.2 Å². The van der Waals surface area contributed by atoms with Crippen LogP contribution < -0.4 is 10.2 Å². The highest BCUT2D eigenvalue weighted by Gasteiger charge is 2.03. The molecular formula is C15H19N3. The van der Waals surface area contributed by atoms with Gasteiger partial charge in [0.2, 0.25) is 0 Å². The number of pyridine rings is 1.